The summed E-state index contributed by atoms with van der Waals surface area (Å²) in [5, 5.41) is 0. The predicted molar refractivity (Wildman–Crippen MR) is 78.9 cm³/mol. The fraction of sp³-hybridized carbons (Fsp3) is 0.625. The van der Waals surface area contributed by atoms with Crippen molar-refractivity contribution in [2.75, 3.05) is 26.3 Å². The zero-order chi connectivity index (χ0) is 13.7. The number of nitrogens with zero attached hydrogens (tertiary/aromatic N) is 1. The number of nitrogens with two attached hydrogens (primary N) is 1. The van der Waals surface area contributed by atoms with Crippen LogP contribution in [-0.4, -0.2) is 37.2 Å². The monoisotopic (exact) mass is 262 g/mol. The van der Waals surface area contributed by atoms with Crippen LogP contribution in [0.25, 0.3) is 0 Å². The summed E-state index contributed by atoms with van der Waals surface area (Å²) in [4.78, 5) is 2.51. The summed E-state index contributed by atoms with van der Waals surface area (Å²) in [5.41, 5.74) is 7.52. The van der Waals surface area contributed by atoms with Gasteiger partial charge >= 0.3 is 0 Å². The molecule has 1 atom stereocenters. The highest BCUT2D eigenvalue weighted by Crippen LogP contribution is 2.29. The lowest BCUT2D eigenvalue weighted by molar-refractivity contribution is 0.0942. The molecule has 0 bridgehead atoms. The molecule has 1 aliphatic rings. The van der Waals surface area contributed by atoms with E-state index in [0.717, 1.165) is 32.7 Å². The van der Waals surface area contributed by atoms with Crippen LogP contribution in [0.4, 0.5) is 0 Å². The molecule has 3 nitrogen and oxygen atoms in total. The molecule has 3 heteroatoms. The fourth-order valence-electron chi connectivity index (χ4n) is 2.67. The van der Waals surface area contributed by atoms with Crippen molar-refractivity contribution in [3.63, 3.8) is 0 Å². The minimum atomic E-state index is 0.152. The Hall–Kier alpha value is -0.900. The SMILES string of the molecule is CC(C)N(Cc1ccccc1)CC1(CN)CCOC1. The predicted octanol–water partition coefficient (Wildman–Crippen LogP) is 2.26. The lowest BCUT2D eigenvalue weighted by atomic mass is 9.86. The normalized spacial score (nSPS) is 23.4. The summed E-state index contributed by atoms with van der Waals surface area (Å²) >= 11 is 0. The fourth-order valence-corrected chi connectivity index (χ4v) is 2.67. The van der Waals surface area contributed by atoms with Gasteiger partial charge in [0.15, 0.2) is 0 Å². The molecular weight excluding hydrogens is 236 g/mol. The maximum absolute atomic E-state index is 6.00. The van der Waals surface area contributed by atoms with Gasteiger partial charge in [0.1, 0.15) is 0 Å². The first-order valence-corrected chi connectivity index (χ1v) is 7.21. The third-order valence-corrected chi connectivity index (χ3v) is 4.12. The Bertz CT molecular complexity index is 372. The largest absolute Gasteiger partial charge is 0.381 e. The van der Waals surface area contributed by atoms with Crippen molar-refractivity contribution in [1.82, 2.24) is 4.90 Å². The number of rotatable bonds is 6. The van der Waals surface area contributed by atoms with Crippen LogP contribution in [-0.2, 0) is 11.3 Å². The first-order chi connectivity index (χ1) is 9.15. The molecule has 1 unspecified atom stereocenters. The van der Waals surface area contributed by atoms with E-state index in [1.165, 1.54) is 5.56 Å². The summed E-state index contributed by atoms with van der Waals surface area (Å²) in [6.45, 7) is 8.89. The second kappa shape index (κ2) is 6.51. The quantitative estimate of drug-likeness (QED) is 0.854. The summed E-state index contributed by atoms with van der Waals surface area (Å²) < 4.78 is 5.58. The summed E-state index contributed by atoms with van der Waals surface area (Å²) in [6.07, 6.45) is 1.08. The minimum Gasteiger partial charge on any atom is -0.381 e. The van der Waals surface area contributed by atoms with Crippen LogP contribution < -0.4 is 5.73 Å². The average molecular weight is 262 g/mol. The van der Waals surface area contributed by atoms with Crippen LogP contribution in [0.5, 0.6) is 0 Å². The summed E-state index contributed by atoms with van der Waals surface area (Å²) in [7, 11) is 0. The summed E-state index contributed by atoms with van der Waals surface area (Å²) in [5.74, 6) is 0. The maximum Gasteiger partial charge on any atom is 0.0547 e. The van der Waals surface area contributed by atoms with E-state index in [-0.39, 0.29) is 5.41 Å². The average Bonchev–Trinajstić information content (AvgIpc) is 2.88. The van der Waals surface area contributed by atoms with Crippen molar-refractivity contribution in [2.24, 2.45) is 11.1 Å². The van der Waals surface area contributed by atoms with Crippen molar-refractivity contribution >= 4 is 0 Å². The van der Waals surface area contributed by atoms with Crippen molar-refractivity contribution in [2.45, 2.75) is 32.9 Å². The Morgan fingerprint density at radius 3 is 2.58 bits per heavy atom. The smallest absolute Gasteiger partial charge is 0.0547 e. The Labute approximate surface area is 116 Å². The van der Waals surface area contributed by atoms with E-state index in [4.69, 9.17) is 10.5 Å². The van der Waals surface area contributed by atoms with Gasteiger partial charge in [0.05, 0.1) is 6.61 Å². The third kappa shape index (κ3) is 3.78. The Balaban J connectivity index is 2.04. The standard InChI is InChI=1S/C16H26N2O/c1-14(2)18(10-15-6-4-3-5-7-15)12-16(11-17)8-9-19-13-16/h3-7,14H,8-13,17H2,1-2H3. The lowest BCUT2D eigenvalue weighted by Crippen LogP contribution is -2.45. The molecule has 1 aromatic rings. The molecule has 2 rings (SSSR count). The number of ether oxygens (including phenoxy) is 1. The molecule has 2 N–H and O–H groups in total. The molecule has 0 radical (unpaired) electrons. The van der Waals surface area contributed by atoms with E-state index in [2.05, 4.69) is 49.1 Å². The van der Waals surface area contributed by atoms with Gasteiger partial charge in [0.2, 0.25) is 0 Å². The molecule has 1 saturated heterocycles. The van der Waals surface area contributed by atoms with Gasteiger partial charge in [-0.15, -0.1) is 0 Å². The topological polar surface area (TPSA) is 38.5 Å². The van der Waals surface area contributed by atoms with Gasteiger partial charge < -0.3 is 10.5 Å². The maximum atomic E-state index is 6.00. The van der Waals surface area contributed by atoms with Crippen LogP contribution in [0, 0.1) is 5.41 Å². The first kappa shape index (κ1) is 14.5. The zero-order valence-electron chi connectivity index (χ0n) is 12.1. The Morgan fingerprint density at radius 1 is 1.32 bits per heavy atom. The van der Waals surface area contributed by atoms with Crippen molar-refractivity contribution in [3.8, 4) is 0 Å². The highest BCUT2D eigenvalue weighted by Gasteiger charge is 2.35. The van der Waals surface area contributed by atoms with Gasteiger partial charge in [-0.05, 0) is 25.8 Å². The Morgan fingerprint density at radius 2 is 2.05 bits per heavy atom. The number of hydrogen-bond donors (Lipinski definition) is 1. The van der Waals surface area contributed by atoms with E-state index >= 15 is 0 Å². The van der Waals surface area contributed by atoms with E-state index < -0.39 is 0 Å². The lowest BCUT2D eigenvalue weighted by Gasteiger charge is -2.36. The molecule has 0 saturated carbocycles. The van der Waals surface area contributed by atoms with Crippen molar-refractivity contribution in [3.05, 3.63) is 35.9 Å². The van der Waals surface area contributed by atoms with Gasteiger partial charge in [-0.2, -0.15) is 0 Å². The molecule has 1 fully saturated rings. The third-order valence-electron chi connectivity index (χ3n) is 4.12. The van der Waals surface area contributed by atoms with Crippen LogP contribution in [0.2, 0.25) is 0 Å². The van der Waals surface area contributed by atoms with Gasteiger partial charge in [-0.1, -0.05) is 30.3 Å². The molecule has 19 heavy (non-hydrogen) atoms. The number of hydrogen-bond acceptors (Lipinski definition) is 3. The molecule has 0 spiro atoms. The van der Waals surface area contributed by atoms with E-state index in [1.807, 2.05) is 0 Å². The molecule has 0 aromatic heterocycles. The molecule has 0 aliphatic carbocycles. The van der Waals surface area contributed by atoms with Crippen LogP contribution in [0.1, 0.15) is 25.8 Å². The van der Waals surface area contributed by atoms with Crippen LogP contribution in [0.3, 0.4) is 0 Å². The highest BCUT2D eigenvalue weighted by atomic mass is 16.5. The van der Waals surface area contributed by atoms with E-state index in [0.29, 0.717) is 12.6 Å². The first-order valence-electron chi connectivity index (χ1n) is 7.21. The van der Waals surface area contributed by atoms with Gasteiger partial charge in [-0.3, -0.25) is 4.90 Å². The zero-order valence-corrected chi connectivity index (χ0v) is 12.1. The van der Waals surface area contributed by atoms with Gasteiger partial charge in [0, 0.05) is 37.7 Å². The number of benzene rings is 1. The summed E-state index contributed by atoms with van der Waals surface area (Å²) in [6, 6.07) is 11.2. The van der Waals surface area contributed by atoms with Gasteiger partial charge in [0.25, 0.3) is 0 Å². The second-order valence-corrected chi connectivity index (χ2v) is 5.99. The van der Waals surface area contributed by atoms with E-state index in [9.17, 15) is 0 Å². The van der Waals surface area contributed by atoms with Crippen LogP contribution in [0.15, 0.2) is 30.3 Å². The molecule has 0 amide bonds. The van der Waals surface area contributed by atoms with Crippen molar-refractivity contribution in [1.29, 1.82) is 0 Å². The second-order valence-electron chi connectivity index (χ2n) is 5.99. The van der Waals surface area contributed by atoms with Crippen molar-refractivity contribution < 1.29 is 4.74 Å². The molecule has 1 heterocycles. The molecule has 1 aliphatic heterocycles. The van der Waals surface area contributed by atoms with Crippen LogP contribution >= 0.6 is 0 Å². The van der Waals surface area contributed by atoms with E-state index in [1.54, 1.807) is 0 Å². The highest BCUT2D eigenvalue weighted by molar-refractivity contribution is 5.14. The molecule has 106 valence electrons. The Kier molecular flexibility index (Phi) is 4.97. The minimum absolute atomic E-state index is 0.152. The van der Waals surface area contributed by atoms with Gasteiger partial charge in [-0.25, -0.2) is 0 Å². The molecule has 1 aromatic carbocycles. The molecular formula is C16H26N2O.